The number of rotatable bonds is 7. The molecule has 3 aromatic rings. The molecule has 1 fully saturated rings. The van der Waals surface area contributed by atoms with E-state index in [1.807, 2.05) is 53.4 Å². The number of fused-ring (bicyclic) bond motifs is 1. The highest BCUT2D eigenvalue weighted by Gasteiger charge is 2.32. The molecule has 1 aliphatic carbocycles. The summed E-state index contributed by atoms with van der Waals surface area (Å²) in [4.78, 5) is 31.7. The number of hydrogen-bond acceptors (Lipinski definition) is 6. The van der Waals surface area contributed by atoms with Gasteiger partial charge in [0, 0.05) is 24.6 Å². The Bertz CT molecular complexity index is 1180. The maximum atomic E-state index is 12.7. The Labute approximate surface area is 198 Å². The van der Waals surface area contributed by atoms with Gasteiger partial charge in [-0.05, 0) is 55.4 Å². The molecule has 0 spiro atoms. The van der Waals surface area contributed by atoms with Crippen molar-refractivity contribution in [2.24, 2.45) is 11.8 Å². The minimum atomic E-state index is -0.0284. The van der Waals surface area contributed by atoms with E-state index >= 15 is 0 Å². The molecule has 5 rings (SSSR count). The van der Waals surface area contributed by atoms with Crippen LogP contribution < -0.4 is 10.1 Å². The third-order valence-electron chi connectivity index (χ3n) is 6.82. The number of amides is 2. The van der Waals surface area contributed by atoms with E-state index in [-0.39, 0.29) is 24.3 Å². The first-order chi connectivity index (χ1) is 16.6. The predicted octanol–water partition coefficient (Wildman–Crippen LogP) is 3.82. The van der Waals surface area contributed by atoms with Gasteiger partial charge in [-0.25, -0.2) is 0 Å². The van der Waals surface area contributed by atoms with E-state index in [9.17, 15) is 9.59 Å². The van der Waals surface area contributed by atoms with E-state index in [0.29, 0.717) is 29.9 Å². The smallest absolute Gasteiger partial charge is 0.254 e. The molecule has 0 bridgehead atoms. The van der Waals surface area contributed by atoms with Crippen molar-refractivity contribution in [1.82, 2.24) is 20.4 Å². The Balaban J connectivity index is 1.09. The highest BCUT2D eigenvalue weighted by atomic mass is 16.5. The van der Waals surface area contributed by atoms with Crippen LogP contribution in [-0.4, -0.2) is 40.5 Å². The van der Waals surface area contributed by atoms with Crippen LogP contribution in [0.2, 0.25) is 0 Å². The number of carbonyl (C=O) groups excluding carboxylic acids is 2. The zero-order valence-electron chi connectivity index (χ0n) is 19.2. The highest BCUT2D eigenvalue weighted by molar-refractivity contribution is 5.98. The molecule has 34 heavy (non-hydrogen) atoms. The van der Waals surface area contributed by atoms with Crippen LogP contribution in [-0.2, 0) is 17.9 Å². The molecule has 2 aliphatic rings. The van der Waals surface area contributed by atoms with Gasteiger partial charge in [0.05, 0.1) is 19.2 Å². The lowest BCUT2D eigenvalue weighted by Crippen LogP contribution is -2.36. The maximum Gasteiger partial charge on any atom is 0.254 e. The zero-order valence-corrected chi connectivity index (χ0v) is 19.2. The Morgan fingerprint density at radius 1 is 1.09 bits per heavy atom. The van der Waals surface area contributed by atoms with Crippen molar-refractivity contribution in [1.29, 1.82) is 0 Å². The van der Waals surface area contributed by atoms with Crippen LogP contribution >= 0.6 is 0 Å². The molecule has 0 atom stereocenters. The van der Waals surface area contributed by atoms with Crippen molar-refractivity contribution < 1.29 is 18.8 Å². The number of benzene rings is 2. The lowest BCUT2D eigenvalue weighted by molar-refractivity contribution is -0.126. The quantitative estimate of drug-likeness (QED) is 0.576. The first-order valence-corrected chi connectivity index (χ1v) is 11.7. The standard InChI is InChI=1S/C26H28N4O4/c1-33-22-9-5-4-8-21(22)24-28-23(34-29-24)14-27-25(31)18-12-10-17(11-13-18)15-30-16-19-6-2-3-7-20(19)26(30)32/h2-9,17-18H,10-16H2,1H3,(H,27,31). The second-order valence-electron chi connectivity index (χ2n) is 8.99. The fourth-order valence-corrected chi connectivity index (χ4v) is 4.95. The number of nitrogens with zero attached hydrogens (tertiary/aromatic N) is 3. The summed E-state index contributed by atoms with van der Waals surface area (Å²) in [5, 5.41) is 6.95. The summed E-state index contributed by atoms with van der Waals surface area (Å²) in [6, 6.07) is 15.3. The molecule has 1 saturated carbocycles. The molecule has 1 aliphatic heterocycles. The van der Waals surface area contributed by atoms with Crippen LogP contribution in [0.1, 0.15) is 47.5 Å². The molecule has 0 radical (unpaired) electrons. The Morgan fingerprint density at radius 3 is 2.59 bits per heavy atom. The van der Waals surface area contributed by atoms with Crippen LogP contribution in [0.15, 0.2) is 53.1 Å². The normalized spacial score (nSPS) is 19.7. The highest BCUT2D eigenvalue weighted by Crippen LogP contribution is 2.32. The fourth-order valence-electron chi connectivity index (χ4n) is 4.95. The lowest BCUT2D eigenvalue weighted by Gasteiger charge is -2.30. The van der Waals surface area contributed by atoms with E-state index in [4.69, 9.17) is 9.26 Å². The first-order valence-electron chi connectivity index (χ1n) is 11.7. The number of methoxy groups -OCH3 is 1. The number of carbonyl (C=O) groups is 2. The molecule has 1 aromatic heterocycles. The van der Waals surface area contributed by atoms with Crippen LogP contribution in [0.3, 0.4) is 0 Å². The number of nitrogens with one attached hydrogen (secondary N) is 1. The second-order valence-corrected chi connectivity index (χ2v) is 8.99. The van der Waals surface area contributed by atoms with Crippen molar-refractivity contribution in [3.8, 4) is 17.1 Å². The van der Waals surface area contributed by atoms with Crippen molar-refractivity contribution in [2.45, 2.75) is 38.8 Å². The van der Waals surface area contributed by atoms with Gasteiger partial charge in [0.25, 0.3) is 5.91 Å². The molecule has 1 N–H and O–H groups in total. The monoisotopic (exact) mass is 460 g/mol. The van der Waals surface area contributed by atoms with E-state index in [2.05, 4.69) is 15.5 Å². The van der Waals surface area contributed by atoms with Crippen molar-refractivity contribution in [3.05, 3.63) is 65.5 Å². The molecule has 8 heteroatoms. The van der Waals surface area contributed by atoms with Crippen molar-refractivity contribution in [3.63, 3.8) is 0 Å². The summed E-state index contributed by atoms with van der Waals surface area (Å²) in [5.41, 5.74) is 2.67. The molecular formula is C26H28N4O4. The summed E-state index contributed by atoms with van der Waals surface area (Å²) in [5.74, 6) is 2.00. The van der Waals surface area contributed by atoms with Gasteiger partial charge < -0.3 is 19.5 Å². The summed E-state index contributed by atoms with van der Waals surface area (Å²) >= 11 is 0. The van der Waals surface area contributed by atoms with Gasteiger partial charge in [0.2, 0.25) is 17.6 Å². The number of hydrogen-bond donors (Lipinski definition) is 1. The zero-order chi connectivity index (χ0) is 23.5. The molecule has 0 saturated heterocycles. The first kappa shape index (κ1) is 22.1. The topological polar surface area (TPSA) is 97.6 Å². The van der Waals surface area contributed by atoms with Crippen LogP contribution in [0.5, 0.6) is 5.75 Å². The largest absolute Gasteiger partial charge is 0.496 e. The van der Waals surface area contributed by atoms with E-state index in [0.717, 1.165) is 48.9 Å². The van der Waals surface area contributed by atoms with Crippen LogP contribution in [0.25, 0.3) is 11.4 Å². The molecule has 2 heterocycles. The van der Waals surface area contributed by atoms with Crippen molar-refractivity contribution in [2.75, 3.05) is 13.7 Å². The van der Waals surface area contributed by atoms with Gasteiger partial charge in [-0.1, -0.05) is 35.5 Å². The van der Waals surface area contributed by atoms with Gasteiger partial charge >= 0.3 is 0 Å². The van der Waals surface area contributed by atoms with Gasteiger partial charge in [0.15, 0.2) is 0 Å². The SMILES string of the molecule is COc1ccccc1-c1noc(CNC(=O)C2CCC(CN3Cc4ccccc4C3=O)CC2)n1. The van der Waals surface area contributed by atoms with Gasteiger partial charge in [-0.2, -0.15) is 4.98 Å². The molecular weight excluding hydrogens is 432 g/mol. The van der Waals surface area contributed by atoms with Crippen LogP contribution in [0.4, 0.5) is 0 Å². The lowest BCUT2D eigenvalue weighted by atomic mass is 9.81. The number of para-hydroxylation sites is 1. The summed E-state index contributed by atoms with van der Waals surface area (Å²) in [7, 11) is 1.59. The fraction of sp³-hybridized carbons (Fsp3) is 0.385. The summed E-state index contributed by atoms with van der Waals surface area (Å²) in [6.45, 7) is 1.65. The second kappa shape index (κ2) is 9.67. The predicted molar refractivity (Wildman–Crippen MR) is 125 cm³/mol. The Kier molecular flexibility index (Phi) is 6.29. The molecule has 0 unspecified atom stereocenters. The number of ether oxygens (including phenoxy) is 1. The molecule has 176 valence electrons. The van der Waals surface area contributed by atoms with Gasteiger partial charge in [-0.15, -0.1) is 0 Å². The van der Waals surface area contributed by atoms with E-state index < -0.39 is 0 Å². The third kappa shape index (κ3) is 4.53. The average molecular weight is 461 g/mol. The third-order valence-corrected chi connectivity index (χ3v) is 6.82. The minimum absolute atomic E-state index is 0.0140. The van der Waals surface area contributed by atoms with Gasteiger partial charge in [-0.3, -0.25) is 9.59 Å². The Hall–Kier alpha value is -3.68. The summed E-state index contributed by atoms with van der Waals surface area (Å²) < 4.78 is 10.7. The van der Waals surface area contributed by atoms with E-state index in [1.165, 1.54) is 0 Å². The Morgan fingerprint density at radius 2 is 1.82 bits per heavy atom. The molecule has 8 nitrogen and oxygen atoms in total. The molecule has 2 aromatic carbocycles. The minimum Gasteiger partial charge on any atom is -0.496 e. The van der Waals surface area contributed by atoms with Gasteiger partial charge in [0.1, 0.15) is 5.75 Å². The number of aromatic nitrogens is 2. The maximum absolute atomic E-state index is 12.7. The van der Waals surface area contributed by atoms with Crippen LogP contribution in [0, 0.1) is 11.8 Å². The molecule has 2 amide bonds. The van der Waals surface area contributed by atoms with Crippen molar-refractivity contribution >= 4 is 11.8 Å². The van der Waals surface area contributed by atoms with E-state index in [1.54, 1.807) is 7.11 Å². The summed E-state index contributed by atoms with van der Waals surface area (Å²) in [6.07, 6.45) is 3.52. The average Bonchev–Trinajstić information content (AvgIpc) is 3.48.